The Morgan fingerprint density at radius 2 is 2.00 bits per heavy atom. The van der Waals surface area contributed by atoms with Gasteiger partial charge in [-0.15, -0.1) is 12.3 Å². The first-order chi connectivity index (χ1) is 8.47. The number of unbranched alkanes of at least 4 members (excludes halogenated alkanes) is 2. The number of rotatable bonds is 8. The summed E-state index contributed by atoms with van der Waals surface area (Å²) in [5.41, 5.74) is 0. The maximum atomic E-state index is 11.4. The zero-order chi connectivity index (χ0) is 14.0. The van der Waals surface area contributed by atoms with E-state index in [-0.39, 0.29) is 5.92 Å². The molecule has 102 valence electrons. The molecule has 0 aliphatic carbocycles. The molecule has 0 heterocycles. The number of aliphatic carboxylic acids is 1. The molecule has 1 unspecified atom stereocenters. The van der Waals surface area contributed by atoms with Crippen LogP contribution < -0.4 is 10.6 Å². The Kier molecular flexibility index (Phi) is 8.46. The quantitative estimate of drug-likeness (QED) is 0.454. The van der Waals surface area contributed by atoms with E-state index < -0.39 is 18.0 Å². The maximum absolute atomic E-state index is 11.4. The van der Waals surface area contributed by atoms with E-state index in [0.717, 1.165) is 12.8 Å². The van der Waals surface area contributed by atoms with Crippen molar-refractivity contribution in [3.8, 4) is 12.3 Å². The van der Waals surface area contributed by atoms with Crippen LogP contribution in [0.2, 0.25) is 0 Å². The van der Waals surface area contributed by atoms with Gasteiger partial charge in [0.1, 0.15) is 6.04 Å². The second-order valence-electron chi connectivity index (χ2n) is 4.58. The Hall–Kier alpha value is -1.70. The monoisotopic (exact) mass is 254 g/mol. The van der Waals surface area contributed by atoms with E-state index in [2.05, 4.69) is 16.6 Å². The van der Waals surface area contributed by atoms with Gasteiger partial charge < -0.3 is 15.7 Å². The first-order valence-corrected chi connectivity index (χ1v) is 6.18. The summed E-state index contributed by atoms with van der Waals surface area (Å²) in [4.78, 5) is 22.4. The standard InChI is InChI=1S/C13H22N2O3/c1-4-5-6-7-8-14-13(18)15-11(12(16)17)9-10(2)3/h1,10-11H,5-9H2,2-3H3,(H,16,17)(H2,14,15,18). The van der Waals surface area contributed by atoms with Crippen molar-refractivity contribution in [2.24, 2.45) is 5.92 Å². The van der Waals surface area contributed by atoms with Crippen LogP contribution in [0, 0.1) is 18.3 Å². The SMILES string of the molecule is C#CCCCCNC(=O)NC(CC(C)C)C(=O)O. The number of amides is 2. The topological polar surface area (TPSA) is 78.4 Å². The van der Waals surface area contributed by atoms with E-state index >= 15 is 0 Å². The van der Waals surface area contributed by atoms with Crippen LogP contribution in [0.15, 0.2) is 0 Å². The number of urea groups is 1. The second-order valence-corrected chi connectivity index (χ2v) is 4.58. The molecule has 1 atom stereocenters. The minimum absolute atomic E-state index is 0.210. The molecule has 5 heteroatoms. The third-order valence-electron chi connectivity index (χ3n) is 2.34. The molecule has 0 saturated heterocycles. The van der Waals surface area contributed by atoms with E-state index in [1.54, 1.807) is 0 Å². The van der Waals surface area contributed by atoms with Gasteiger partial charge in [-0.1, -0.05) is 13.8 Å². The van der Waals surface area contributed by atoms with E-state index in [9.17, 15) is 9.59 Å². The third kappa shape index (κ3) is 8.45. The molecular weight excluding hydrogens is 232 g/mol. The Morgan fingerprint density at radius 3 is 2.50 bits per heavy atom. The lowest BCUT2D eigenvalue weighted by Crippen LogP contribution is -2.46. The molecule has 0 rings (SSSR count). The number of carboxylic acids is 1. The highest BCUT2D eigenvalue weighted by Gasteiger charge is 2.20. The summed E-state index contributed by atoms with van der Waals surface area (Å²) in [6.07, 6.45) is 7.85. The van der Waals surface area contributed by atoms with Gasteiger partial charge in [-0.05, 0) is 25.2 Å². The molecule has 0 aromatic heterocycles. The van der Waals surface area contributed by atoms with E-state index in [0.29, 0.717) is 19.4 Å². The molecule has 0 radical (unpaired) electrons. The number of hydrogen-bond acceptors (Lipinski definition) is 2. The highest BCUT2D eigenvalue weighted by molar-refractivity contribution is 5.82. The highest BCUT2D eigenvalue weighted by atomic mass is 16.4. The molecule has 0 aliphatic heterocycles. The van der Waals surface area contributed by atoms with Crippen molar-refractivity contribution >= 4 is 12.0 Å². The molecule has 5 nitrogen and oxygen atoms in total. The minimum atomic E-state index is -1.01. The summed E-state index contributed by atoms with van der Waals surface area (Å²) in [5, 5.41) is 14.0. The van der Waals surface area contributed by atoms with Crippen molar-refractivity contribution in [2.75, 3.05) is 6.54 Å². The zero-order valence-electron chi connectivity index (χ0n) is 11.0. The van der Waals surface area contributed by atoms with Crippen LogP contribution in [0.4, 0.5) is 4.79 Å². The second kappa shape index (κ2) is 9.34. The smallest absolute Gasteiger partial charge is 0.326 e. The zero-order valence-corrected chi connectivity index (χ0v) is 11.0. The summed E-state index contributed by atoms with van der Waals surface area (Å²) in [6.45, 7) is 4.33. The Bertz CT molecular complexity index is 308. The fourth-order valence-electron chi connectivity index (χ4n) is 1.46. The molecule has 0 spiro atoms. The van der Waals surface area contributed by atoms with E-state index in [1.165, 1.54) is 0 Å². The molecule has 0 bridgehead atoms. The van der Waals surface area contributed by atoms with Crippen LogP contribution in [-0.2, 0) is 4.79 Å². The Morgan fingerprint density at radius 1 is 1.33 bits per heavy atom. The van der Waals surface area contributed by atoms with Crippen LogP contribution in [0.3, 0.4) is 0 Å². The lowest BCUT2D eigenvalue weighted by Gasteiger charge is -2.16. The van der Waals surface area contributed by atoms with Gasteiger partial charge >= 0.3 is 12.0 Å². The van der Waals surface area contributed by atoms with Gasteiger partial charge in [-0.3, -0.25) is 0 Å². The number of terminal acetylenes is 1. The van der Waals surface area contributed by atoms with Crippen molar-refractivity contribution in [1.82, 2.24) is 10.6 Å². The maximum Gasteiger partial charge on any atom is 0.326 e. The predicted octanol–water partition coefficient (Wildman–Crippen LogP) is 1.59. The van der Waals surface area contributed by atoms with Gasteiger partial charge in [0.25, 0.3) is 0 Å². The highest BCUT2D eigenvalue weighted by Crippen LogP contribution is 2.04. The molecule has 0 fully saturated rings. The largest absolute Gasteiger partial charge is 0.480 e. The van der Waals surface area contributed by atoms with Gasteiger partial charge in [0.15, 0.2) is 0 Å². The normalized spacial score (nSPS) is 11.7. The molecule has 2 amide bonds. The van der Waals surface area contributed by atoms with Crippen LogP contribution in [0.1, 0.15) is 39.5 Å². The molecular formula is C13H22N2O3. The molecule has 3 N–H and O–H groups in total. The van der Waals surface area contributed by atoms with Gasteiger partial charge in [0.05, 0.1) is 0 Å². The van der Waals surface area contributed by atoms with Crippen molar-refractivity contribution in [3.63, 3.8) is 0 Å². The average Bonchev–Trinajstić information content (AvgIpc) is 2.27. The molecule has 0 aromatic rings. The molecule has 0 aliphatic rings. The molecule has 0 aromatic carbocycles. The number of nitrogens with one attached hydrogen (secondary N) is 2. The summed E-state index contributed by atoms with van der Waals surface area (Å²) < 4.78 is 0. The van der Waals surface area contributed by atoms with E-state index in [4.69, 9.17) is 11.5 Å². The van der Waals surface area contributed by atoms with Gasteiger partial charge in [0, 0.05) is 13.0 Å². The van der Waals surface area contributed by atoms with Crippen molar-refractivity contribution < 1.29 is 14.7 Å². The van der Waals surface area contributed by atoms with Crippen molar-refractivity contribution in [1.29, 1.82) is 0 Å². The third-order valence-corrected chi connectivity index (χ3v) is 2.34. The summed E-state index contributed by atoms with van der Waals surface area (Å²) in [5.74, 6) is 1.72. The van der Waals surface area contributed by atoms with E-state index in [1.807, 2.05) is 13.8 Å². The minimum Gasteiger partial charge on any atom is -0.480 e. The Labute approximate surface area is 108 Å². The number of hydrogen-bond donors (Lipinski definition) is 3. The lowest BCUT2D eigenvalue weighted by molar-refractivity contribution is -0.139. The summed E-state index contributed by atoms with van der Waals surface area (Å²) in [7, 11) is 0. The average molecular weight is 254 g/mol. The van der Waals surface area contributed by atoms with Crippen molar-refractivity contribution in [3.05, 3.63) is 0 Å². The summed E-state index contributed by atoms with van der Waals surface area (Å²) >= 11 is 0. The first kappa shape index (κ1) is 16.3. The number of carbonyl (C=O) groups excluding carboxylic acids is 1. The first-order valence-electron chi connectivity index (χ1n) is 6.18. The van der Waals surface area contributed by atoms with Crippen LogP contribution >= 0.6 is 0 Å². The number of carbonyl (C=O) groups is 2. The van der Waals surface area contributed by atoms with Gasteiger partial charge in [0.2, 0.25) is 0 Å². The Balaban J connectivity index is 3.89. The lowest BCUT2D eigenvalue weighted by atomic mass is 10.0. The fourth-order valence-corrected chi connectivity index (χ4v) is 1.46. The summed E-state index contributed by atoms with van der Waals surface area (Å²) in [6, 6.07) is -1.28. The van der Waals surface area contributed by atoms with Crippen molar-refractivity contribution in [2.45, 2.75) is 45.6 Å². The van der Waals surface area contributed by atoms with Crippen LogP contribution in [0.25, 0.3) is 0 Å². The number of carboxylic acid groups (broad SMARTS) is 1. The molecule has 0 saturated carbocycles. The van der Waals surface area contributed by atoms with Gasteiger partial charge in [-0.2, -0.15) is 0 Å². The molecule has 18 heavy (non-hydrogen) atoms. The predicted molar refractivity (Wildman–Crippen MR) is 70.1 cm³/mol. The van der Waals surface area contributed by atoms with Crippen LogP contribution in [-0.4, -0.2) is 29.7 Å². The fraction of sp³-hybridized carbons (Fsp3) is 0.692. The van der Waals surface area contributed by atoms with Crippen LogP contribution in [0.5, 0.6) is 0 Å². The van der Waals surface area contributed by atoms with Gasteiger partial charge in [-0.25, -0.2) is 9.59 Å².